The molecule has 1 unspecified atom stereocenters. The van der Waals surface area contributed by atoms with Crippen molar-refractivity contribution < 1.29 is 19.5 Å². The number of benzene rings is 1. The van der Waals surface area contributed by atoms with Crippen LogP contribution in [0.3, 0.4) is 0 Å². The first kappa shape index (κ1) is 20.3. The highest BCUT2D eigenvalue weighted by atomic mass is 16.4. The molecule has 0 saturated carbocycles. The van der Waals surface area contributed by atoms with Crippen molar-refractivity contribution in [2.24, 2.45) is 0 Å². The van der Waals surface area contributed by atoms with Crippen molar-refractivity contribution in [1.82, 2.24) is 9.47 Å². The van der Waals surface area contributed by atoms with E-state index in [-0.39, 0.29) is 18.0 Å². The van der Waals surface area contributed by atoms with Gasteiger partial charge in [-0.1, -0.05) is 6.07 Å². The highest BCUT2D eigenvalue weighted by Gasteiger charge is 2.32. The molecule has 1 atom stereocenters. The summed E-state index contributed by atoms with van der Waals surface area (Å²) >= 11 is 0. The molecule has 1 aromatic heterocycles. The minimum atomic E-state index is -1.01. The summed E-state index contributed by atoms with van der Waals surface area (Å²) in [6, 6.07) is 8.73. The van der Waals surface area contributed by atoms with Crippen molar-refractivity contribution in [3.63, 3.8) is 0 Å². The third-order valence-corrected chi connectivity index (χ3v) is 4.91. The van der Waals surface area contributed by atoms with Crippen molar-refractivity contribution in [3.05, 3.63) is 64.1 Å². The van der Waals surface area contributed by atoms with E-state index in [0.29, 0.717) is 24.2 Å². The van der Waals surface area contributed by atoms with E-state index in [9.17, 15) is 24.3 Å². The number of hydrogen-bond acceptors (Lipinski definition) is 4. The fourth-order valence-electron chi connectivity index (χ4n) is 3.42. The van der Waals surface area contributed by atoms with E-state index in [2.05, 4.69) is 5.32 Å². The second kappa shape index (κ2) is 8.72. The van der Waals surface area contributed by atoms with Crippen LogP contribution in [0.25, 0.3) is 0 Å². The van der Waals surface area contributed by atoms with Crippen LogP contribution >= 0.6 is 0 Å². The lowest BCUT2D eigenvalue weighted by Crippen LogP contribution is -2.48. The van der Waals surface area contributed by atoms with Crippen LogP contribution in [0.5, 0.6) is 0 Å². The molecule has 2 N–H and O–H groups in total. The minimum Gasteiger partial charge on any atom is -0.480 e. The zero-order chi connectivity index (χ0) is 21.0. The fraction of sp³-hybridized carbons (Fsp3) is 0.333. The number of likely N-dealkylation sites (tertiary alicyclic amines) is 1. The number of aryl methyl sites for hydroxylation is 1. The van der Waals surface area contributed by atoms with Gasteiger partial charge in [-0.3, -0.25) is 14.4 Å². The van der Waals surface area contributed by atoms with Crippen molar-refractivity contribution in [2.45, 2.75) is 38.8 Å². The van der Waals surface area contributed by atoms with Crippen molar-refractivity contribution in [3.8, 4) is 0 Å². The normalized spacial score (nSPS) is 16.3. The second-order valence-electron chi connectivity index (χ2n) is 7.15. The van der Waals surface area contributed by atoms with Crippen LogP contribution in [-0.4, -0.2) is 44.9 Å². The number of carboxylic acids is 1. The first-order valence-corrected chi connectivity index (χ1v) is 9.46. The Hall–Kier alpha value is -3.42. The number of anilines is 1. The van der Waals surface area contributed by atoms with Gasteiger partial charge in [0.05, 0.1) is 0 Å². The maximum Gasteiger partial charge on any atom is 0.326 e. The predicted molar refractivity (Wildman–Crippen MR) is 107 cm³/mol. The molecule has 0 aliphatic carbocycles. The number of amides is 2. The summed E-state index contributed by atoms with van der Waals surface area (Å²) in [4.78, 5) is 49.9. The summed E-state index contributed by atoms with van der Waals surface area (Å²) in [5.74, 6) is -1.78. The van der Waals surface area contributed by atoms with E-state index in [4.69, 9.17) is 0 Å². The summed E-state index contributed by atoms with van der Waals surface area (Å²) in [5.41, 5.74) is 1.26. The third-order valence-electron chi connectivity index (χ3n) is 4.91. The molecule has 152 valence electrons. The molecule has 1 aromatic carbocycles. The van der Waals surface area contributed by atoms with Gasteiger partial charge in [0, 0.05) is 30.1 Å². The lowest BCUT2D eigenvalue weighted by Gasteiger charge is -2.33. The number of nitrogens with zero attached hydrogens (tertiary/aromatic N) is 2. The summed E-state index contributed by atoms with van der Waals surface area (Å²) in [7, 11) is 0. The predicted octanol–water partition coefficient (Wildman–Crippen LogP) is 1.87. The van der Waals surface area contributed by atoms with E-state index in [1.807, 2.05) is 0 Å². The molecule has 2 amide bonds. The Morgan fingerprint density at radius 1 is 1.17 bits per heavy atom. The van der Waals surface area contributed by atoms with Gasteiger partial charge < -0.3 is 19.9 Å². The van der Waals surface area contributed by atoms with E-state index in [0.717, 1.165) is 18.4 Å². The quantitative estimate of drug-likeness (QED) is 0.801. The van der Waals surface area contributed by atoms with Gasteiger partial charge in [-0.2, -0.15) is 0 Å². The fourth-order valence-corrected chi connectivity index (χ4v) is 3.42. The molecular formula is C21H23N3O5. The van der Waals surface area contributed by atoms with Gasteiger partial charge in [-0.25, -0.2) is 4.79 Å². The number of carbonyl (C=O) groups is 3. The molecule has 0 bridgehead atoms. The number of rotatable bonds is 5. The van der Waals surface area contributed by atoms with Gasteiger partial charge in [0.2, 0.25) is 5.91 Å². The molecule has 2 aromatic rings. The van der Waals surface area contributed by atoms with Crippen LogP contribution in [0.4, 0.5) is 5.69 Å². The van der Waals surface area contributed by atoms with Gasteiger partial charge in [-0.15, -0.1) is 0 Å². The number of piperidine rings is 1. The number of pyridine rings is 1. The number of aliphatic carboxylic acids is 1. The first-order chi connectivity index (χ1) is 13.8. The number of hydrogen-bond donors (Lipinski definition) is 2. The summed E-state index contributed by atoms with van der Waals surface area (Å²) in [6.45, 7) is 2.04. The zero-order valence-corrected chi connectivity index (χ0v) is 16.1. The van der Waals surface area contributed by atoms with E-state index < -0.39 is 17.9 Å². The van der Waals surface area contributed by atoms with E-state index >= 15 is 0 Å². The second-order valence-corrected chi connectivity index (χ2v) is 7.15. The molecule has 1 aliphatic heterocycles. The standard InChI is InChI=1S/C21H23N3O5/c1-14-8-10-23(19(26)11-14)13-18(25)22-16-6-4-5-15(12-16)20(27)24-9-3-2-7-17(24)21(28)29/h4-6,8,10-12,17H,2-3,7,9,13H2,1H3,(H,22,25)(H,28,29). The smallest absolute Gasteiger partial charge is 0.326 e. The Morgan fingerprint density at radius 3 is 2.69 bits per heavy atom. The molecule has 8 heteroatoms. The first-order valence-electron chi connectivity index (χ1n) is 9.46. The van der Waals surface area contributed by atoms with Crippen LogP contribution in [0, 0.1) is 6.92 Å². The minimum absolute atomic E-state index is 0.148. The van der Waals surface area contributed by atoms with Crippen LogP contribution in [-0.2, 0) is 16.1 Å². The molecule has 3 rings (SSSR count). The SMILES string of the molecule is Cc1ccn(CC(=O)Nc2cccc(C(=O)N3CCCCC3C(=O)O)c2)c(=O)c1. The highest BCUT2D eigenvalue weighted by molar-refractivity contribution is 5.98. The molecule has 29 heavy (non-hydrogen) atoms. The van der Waals surface area contributed by atoms with Crippen molar-refractivity contribution >= 4 is 23.5 Å². The topological polar surface area (TPSA) is 109 Å². The molecule has 2 heterocycles. The van der Waals surface area contributed by atoms with Gasteiger partial charge in [0.1, 0.15) is 12.6 Å². The van der Waals surface area contributed by atoms with Crippen LogP contribution in [0.1, 0.15) is 35.2 Å². The third kappa shape index (κ3) is 4.90. The molecule has 0 radical (unpaired) electrons. The lowest BCUT2D eigenvalue weighted by atomic mass is 10.0. The number of carboxylic acid groups (broad SMARTS) is 1. The molecular weight excluding hydrogens is 374 g/mol. The number of aromatic nitrogens is 1. The molecule has 8 nitrogen and oxygen atoms in total. The van der Waals surface area contributed by atoms with Gasteiger partial charge in [-0.05, 0) is 56.0 Å². The van der Waals surface area contributed by atoms with Crippen LogP contribution in [0.2, 0.25) is 0 Å². The van der Waals surface area contributed by atoms with Crippen LogP contribution < -0.4 is 10.9 Å². The average molecular weight is 397 g/mol. The molecule has 1 fully saturated rings. The number of nitrogens with one attached hydrogen (secondary N) is 1. The van der Waals surface area contributed by atoms with Crippen LogP contribution in [0.15, 0.2) is 47.4 Å². The van der Waals surface area contributed by atoms with E-state index in [1.54, 1.807) is 37.4 Å². The van der Waals surface area contributed by atoms with E-state index in [1.165, 1.54) is 21.6 Å². The molecule has 1 aliphatic rings. The summed E-state index contributed by atoms with van der Waals surface area (Å²) in [5, 5.41) is 12.1. The number of carbonyl (C=O) groups excluding carboxylic acids is 2. The van der Waals surface area contributed by atoms with Gasteiger partial charge in [0.15, 0.2) is 0 Å². The Labute approximate surface area is 167 Å². The zero-order valence-electron chi connectivity index (χ0n) is 16.1. The molecule has 0 spiro atoms. The largest absolute Gasteiger partial charge is 0.480 e. The Bertz CT molecular complexity index is 998. The van der Waals surface area contributed by atoms with Gasteiger partial charge >= 0.3 is 5.97 Å². The van der Waals surface area contributed by atoms with Crippen molar-refractivity contribution in [1.29, 1.82) is 0 Å². The highest BCUT2D eigenvalue weighted by Crippen LogP contribution is 2.21. The Kier molecular flexibility index (Phi) is 6.11. The summed E-state index contributed by atoms with van der Waals surface area (Å²) < 4.78 is 1.29. The van der Waals surface area contributed by atoms with Gasteiger partial charge in [0.25, 0.3) is 11.5 Å². The average Bonchev–Trinajstić information content (AvgIpc) is 2.69. The lowest BCUT2D eigenvalue weighted by molar-refractivity contribution is -0.143. The maximum absolute atomic E-state index is 12.8. The Morgan fingerprint density at radius 2 is 1.97 bits per heavy atom. The van der Waals surface area contributed by atoms with Crippen molar-refractivity contribution in [2.75, 3.05) is 11.9 Å². The Balaban J connectivity index is 1.71. The maximum atomic E-state index is 12.8. The summed E-state index contributed by atoms with van der Waals surface area (Å²) in [6.07, 6.45) is 3.52. The molecule has 1 saturated heterocycles. The monoisotopic (exact) mass is 397 g/mol.